The van der Waals surface area contributed by atoms with E-state index in [1.165, 1.54) is 31.4 Å². The van der Waals surface area contributed by atoms with Crippen LogP contribution in [0.3, 0.4) is 0 Å². The maximum absolute atomic E-state index is 12.2. The van der Waals surface area contributed by atoms with Crippen LogP contribution in [0.5, 0.6) is 5.75 Å². The number of halogens is 2. The molecule has 0 saturated carbocycles. The number of carbonyl (C=O) groups excluding carboxylic acids is 2. The zero-order chi connectivity index (χ0) is 20.3. The molecule has 28 heavy (non-hydrogen) atoms. The van der Waals surface area contributed by atoms with Crippen LogP contribution >= 0.6 is 34.5 Å². The number of nitrogens with zero attached hydrogens (tertiary/aromatic N) is 1. The molecule has 3 aromatic rings. The molecule has 2 aromatic carbocycles. The minimum Gasteiger partial charge on any atom is -0.495 e. The quantitative estimate of drug-likeness (QED) is 0.538. The molecule has 144 valence electrons. The number of nitrogens with one attached hydrogen (secondary N) is 2. The standard InChI is InChI=1S/C19H15Cl2N3O3S/c1-10(25)22-13-4-5-15-16(9-13)28-19(23-15)24-17(26)6-3-11-7-12(20)8-14(21)18(11)27-2/h3-9H,1-2H3,(H,22,25)(H,23,24,26). The summed E-state index contributed by atoms with van der Waals surface area (Å²) in [5, 5.41) is 6.67. The molecule has 6 nitrogen and oxygen atoms in total. The van der Waals surface area contributed by atoms with Crippen molar-refractivity contribution in [2.75, 3.05) is 17.7 Å². The Bertz CT molecular complexity index is 1100. The molecular formula is C19H15Cl2N3O3S. The van der Waals surface area contributed by atoms with Crippen molar-refractivity contribution in [3.05, 3.63) is 52.0 Å². The number of ether oxygens (including phenoxy) is 1. The van der Waals surface area contributed by atoms with Crippen molar-refractivity contribution in [3.8, 4) is 5.75 Å². The number of rotatable bonds is 5. The van der Waals surface area contributed by atoms with E-state index in [9.17, 15) is 9.59 Å². The largest absolute Gasteiger partial charge is 0.495 e. The van der Waals surface area contributed by atoms with E-state index in [-0.39, 0.29) is 11.8 Å². The Labute approximate surface area is 175 Å². The summed E-state index contributed by atoms with van der Waals surface area (Å²) in [5.41, 5.74) is 1.98. The van der Waals surface area contributed by atoms with Gasteiger partial charge in [-0.05, 0) is 36.4 Å². The van der Waals surface area contributed by atoms with Gasteiger partial charge in [-0.3, -0.25) is 14.9 Å². The fourth-order valence-corrected chi connectivity index (χ4v) is 3.99. The number of amides is 2. The number of anilines is 2. The molecule has 2 amide bonds. The van der Waals surface area contributed by atoms with Crippen molar-refractivity contribution < 1.29 is 14.3 Å². The zero-order valence-corrected chi connectivity index (χ0v) is 17.2. The first-order valence-corrected chi connectivity index (χ1v) is 9.63. The van der Waals surface area contributed by atoms with Gasteiger partial charge in [0, 0.05) is 29.3 Å². The Morgan fingerprint density at radius 3 is 2.68 bits per heavy atom. The van der Waals surface area contributed by atoms with Gasteiger partial charge in [-0.15, -0.1) is 0 Å². The Balaban J connectivity index is 1.76. The highest BCUT2D eigenvalue weighted by atomic mass is 35.5. The lowest BCUT2D eigenvalue weighted by atomic mass is 10.2. The number of carbonyl (C=O) groups is 2. The Morgan fingerprint density at radius 2 is 1.96 bits per heavy atom. The predicted octanol–water partition coefficient (Wildman–Crippen LogP) is 5.22. The zero-order valence-electron chi connectivity index (χ0n) is 14.9. The number of hydrogen-bond acceptors (Lipinski definition) is 5. The predicted molar refractivity (Wildman–Crippen MR) is 115 cm³/mol. The van der Waals surface area contributed by atoms with Crippen molar-refractivity contribution in [1.29, 1.82) is 0 Å². The van der Waals surface area contributed by atoms with Crippen molar-refractivity contribution in [1.82, 2.24) is 4.98 Å². The van der Waals surface area contributed by atoms with Crippen molar-refractivity contribution in [2.24, 2.45) is 0 Å². The third-order valence-electron chi connectivity index (χ3n) is 3.59. The number of hydrogen-bond donors (Lipinski definition) is 2. The van der Waals surface area contributed by atoms with Crippen molar-refractivity contribution in [2.45, 2.75) is 6.92 Å². The molecule has 2 N–H and O–H groups in total. The van der Waals surface area contributed by atoms with Crippen molar-refractivity contribution >= 4 is 73.5 Å². The van der Waals surface area contributed by atoms with E-state index in [4.69, 9.17) is 27.9 Å². The van der Waals surface area contributed by atoms with Crippen LogP contribution < -0.4 is 15.4 Å². The lowest BCUT2D eigenvalue weighted by Gasteiger charge is -2.07. The summed E-state index contributed by atoms with van der Waals surface area (Å²) in [6, 6.07) is 8.55. The van der Waals surface area contributed by atoms with E-state index in [1.54, 1.807) is 36.4 Å². The summed E-state index contributed by atoms with van der Waals surface area (Å²) in [4.78, 5) is 27.8. The summed E-state index contributed by atoms with van der Waals surface area (Å²) in [6.07, 6.45) is 2.91. The van der Waals surface area contributed by atoms with Crippen LogP contribution in [0.2, 0.25) is 10.0 Å². The fourth-order valence-electron chi connectivity index (χ4n) is 2.49. The molecule has 1 heterocycles. The molecule has 0 aliphatic heterocycles. The molecule has 0 bridgehead atoms. The van der Waals surface area contributed by atoms with Crippen LogP contribution in [-0.4, -0.2) is 23.9 Å². The first-order valence-electron chi connectivity index (χ1n) is 8.06. The molecule has 0 aliphatic rings. The maximum atomic E-state index is 12.2. The van der Waals surface area contributed by atoms with E-state index < -0.39 is 0 Å². The van der Waals surface area contributed by atoms with E-state index in [2.05, 4.69) is 15.6 Å². The molecule has 3 rings (SSSR count). The number of thiazole rings is 1. The number of methoxy groups -OCH3 is 1. The molecule has 9 heteroatoms. The minimum absolute atomic E-state index is 0.154. The SMILES string of the molecule is COc1c(Cl)cc(Cl)cc1C=CC(=O)Nc1nc2ccc(NC(C)=O)cc2s1. The Hall–Kier alpha value is -2.61. The summed E-state index contributed by atoms with van der Waals surface area (Å²) in [6.45, 7) is 1.44. The summed E-state index contributed by atoms with van der Waals surface area (Å²) in [5.74, 6) is -0.0843. The summed E-state index contributed by atoms with van der Waals surface area (Å²) < 4.78 is 6.09. The second-order valence-electron chi connectivity index (χ2n) is 5.72. The first kappa shape index (κ1) is 20.1. The minimum atomic E-state index is -0.362. The van der Waals surface area contributed by atoms with Gasteiger partial charge in [-0.2, -0.15) is 0 Å². The van der Waals surface area contributed by atoms with E-state index in [0.29, 0.717) is 32.2 Å². The van der Waals surface area contributed by atoms with Crippen molar-refractivity contribution in [3.63, 3.8) is 0 Å². The highest BCUT2D eigenvalue weighted by molar-refractivity contribution is 7.22. The molecule has 1 aromatic heterocycles. The van der Waals surface area contributed by atoms with Gasteiger partial charge < -0.3 is 10.1 Å². The molecule has 0 saturated heterocycles. The number of benzene rings is 2. The van der Waals surface area contributed by atoms with E-state index in [1.807, 2.05) is 0 Å². The van der Waals surface area contributed by atoms with E-state index in [0.717, 1.165) is 10.2 Å². The van der Waals surface area contributed by atoms with Gasteiger partial charge >= 0.3 is 0 Å². The fraction of sp³-hybridized carbons (Fsp3) is 0.105. The molecule has 0 radical (unpaired) electrons. The Kier molecular flexibility index (Phi) is 6.18. The van der Waals surface area contributed by atoms with Gasteiger partial charge in [0.05, 0.1) is 22.3 Å². The van der Waals surface area contributed by atoms with E-state index >= 15 is 0 Å². The molecule has 0 aliphatic carbocycles. The van der Waals surface area contributed by atoms with Crippen LogP contribution in [0.15, 0.2) is 36.4 Å². The normalized spacial score (nSPS) is 11.0. The van der Waals surface area contributed by atoms with Crippen LogP contribution in [0, 0.1) is 0 Å². The second-order valence-corrected chi connectivity index (χ2v) is 7.59. The second kappa shape index (κ2) is 8.60. The lowest BCUT2D eigenvalue weighted by Crippen LogP contribution is -2.07. The lowest BCUT2D eigenvalue weighted by molar-refractivity contribution is -0.114. The van der Waals surface area contributed by atoms with Crippen LogP contribution in [-0.2, 0) is 9.59 Å². The highest BCUT2D eigenvalue weighted by Crippen LogP contribution is 2.33. The average molecular weight is 436 g/mol. The summed E-state index contributed by atoms with van der Waals surface area (Å²) in [7, 11) is 1.49. The third-order valence-corrected chi connectivity index (χ3v) is 5.03. The van der Waals surface area contributed by atoms with Gasteiger partial charge in [0.15, 0.2) is 5.13 Å². The monoisotopic (exact) mass is 435 g/mol. The maximum Gasteiger partial charge on any atom is 0.250 e. The van der Waals surface area contributed by atoms with Crippen LogP contribution in [0.4, 0.5) is 10.8 Å². The number of fused-ring (bicyclic) bond motifs is 1. The van der Waals surface area contributed by atoms with Gasteiger partial charge in [0.2, 0.25) is 11.8 Å². The summed E-state index contributed by atoms with van der Waals surface area (Å²) >= 11 is 13.4. The molecule has 0 spiro atoms. The van der Waals surface area contributed by atoms with Crippen LogP contribution in [0.1, 0.15) is 12.5 Å². The molecule has 0 atom stereocenters. The average Bonchev–Trinajstić information content (AvgIpc) is 3.00. The number of aromatic nitrogens is 1. The third kappa shape index (κ3) is 4.81. The van der Waals surface area contributed by atoms with Gasteiger partial charge in [0.25, 0.3) is 0 Å². The first-order chi connectivity index (χ1) is 13.4. The topological polar surface area (TPSA) is 80.3 Å². The van der Waals surface area contributed by atoms with Gasteiger partial charge in [-0.25, -0.2) is 4.98 Å². The molecule has 0 unspecified atom stereocenters. The molecule has 0 fully saturated rings. The van der Waals surface area contributed by atoms with Gasteiger partial charge in [-0.1, -0.05) is 34.5 Å². The highest BCUT2D eigenvalue weighted by Gasteiger charge is 2.10. The smallest absolute Gasteiger partial charge is 0.250 e. The Morgan fingerprint density at radius 1 is 1.18 bits per heavy atom. The van der Waals surface area contributed by atoms with Gasteiger partial charge in [0.1, 0.15) is 5.75 Å². The molecular weight excluding hydrogens is 421 g/mol. The van der Waals surface area contributed by atoms with Crippen LogP contribution in [0.25, 0.3) is 16.3 Å².